The van der Waals surface area contributed by atoms with Crippen molar-refractivity contribution in [3.63, 3.8) is 0 Å². The Kier molecular flexibility index (Phi) is 8.89. The molecule has 0 heterocycles. The predicted molar refractivity (Wildman–Crippen MR) is 243 cm³/mol. The average molecular weight is 730 g/mol. The molecular formula is C54H39N3. The topological polar surface area (TPSA) is 37.1 Å². The molecule has 0 saturated heterocycles. The van der Waals surface area contributed by atoms with E-state index in [2.05, 4.69) is 139 Å². The Morgan fingerprint density at radius 3 is 1.68 bits per heavy atom. The third-order valence-corrected chi connectivity index (χ3v) is 11.3. The number of hydrogen-bond acceptors (Lipinski definition) is 1. The van der Waals surface area contributed by atoms with Crippen LogP contribution in [0.15, 0.2) is 214 Å². The van der Waals surface area contributed by atoms with Gasteiger partial charge in [0.25, 0.3) is 0 Å². The summed E-state index contributed by atoms with van der Waals surface area (Å²) in [7, 11) is 0. The highest BCUT2D eigenvalue weighted by molar-refractivity contribution is 6.25. The van der Waals surface area contributed by atoms with Crippen LogP contribution in [0, 0.1) is 0 Å². The van der Waals surface area contributed by atoms with Crippen molar-refractivity contribution in [2.24, 2.45) is 15.0 Å². The SMILES string of the molecule is C=NC(=NC(=NCC1=CCC=C2C(=C1)Cc1cc(-c3ccccc3-c3ccc4c5ccccc5c5ccccc5c4c3)ccc12)c1ccccc1)c1ccccc1. The van der Waals surface area contributed by atoms with Crippen molar-refractivity contribution >= 4 is 56.3 Å². The lowest BCUT2D eigenvalue weighted by Crippen LogP contribution is -2.06. The molecule has 0 radical (unpaired) electrons. The van der Waals surface area contributed by atoms with Gasteiger partial charge in [0.15, 0.2) is 11.7 Å². The third-order valence-electron chi connectivity index (χ3n) is 11.3. The molecule has 3 nitrogen and oxygen atoms in total. The van der Waals surface area contributed by atoms with E-state index in [9.17, 15) is 0 Å². The Balaban J connectivity index is 0.970. The molecule has 0 aliphatic heterocycles. The van der Waals surface area contributed by atoms with Gasteiger partial charge in [-0.25, -0.2) is 9.98 Å². The Bertz CT molecular complexity index is 3000. The second-order valence-electron chi connectivity index (χ2n) is 14.7. The van der Waals surface area contributed by atoms with E-state index < -0.39 is 0 Å². The minimum absolute atomic E-state index is 0.517. The first-order valence-electron chi connectivity index (χ1n) is 19.6. The van der Waals surface area contributed by atoms with Crippen LogP contribution >= 0.6 is 0 Å². The quantitative estimate of drug-likeness (QED) is 0.0928. The standard InChI is InChI=1S/C54H39N3/c1-55-53(37-16-4-2-5-17-37)57-54(38-18-6-3-7-19-38)56-35-36-15-14-26-45-41(31-36)33-42-32-39(27-29-46(42)45)43-20-8-9-21-44(43)40-28-30-51-49-24-11-10-22-47(49)48-23-12-13-25-50(48)52(51)34-40/h2-13,15-32,34H,1,14,33,35H2. The second kappa shape index (κ2) is 14.8. The first kappa shape index (κ1) is 34.3. The van der Waals surface area contributed by atoms with Crippen molar-refractivity contribution in [1.82, 2.24) is 0 Å². The van der Waals surface area contributed by atoms with E-state index in [1.165, 1.54) is 82.4 Å². The van der Waals surface area contributed by atoms with Crippen LogP contribution in [0.5, 0.6) is 0 Å². The van der Waals surface area contributed by atoms with Crippen LogP contribution in [0.4, 0.5) is 0 Å². The van der Waals surface area contributed by atoms with Crippen LogP contribution < -0.4 is 0 Å². The van der Waals surface area contributed by atoms with Gasteiger partial charge in [-0.2, -0.15) is 0 Å². The molecule has 0 fully saturated rings. The van der Waals surface area contributed by atoms with Crippen molar-refractivity contribution in [1.29, 1.82) is 0 Å². The van der Waals surface area contributed by atoms with E-state index in [1.54, 1.807) is 0 Å². The molecule has 0 atom stereocenters. The molecule has 10 rings (SSSR count). The number of fused-ring (bicyclic) bond motifs is 9. The van der Waals surface area contributed by atoms with Gasteiger partial charge in [-0.1, -0.05) is 182 Å². The molecule has 2 aliphatic rings. The largest absolute Gasteiger partial charge is 0.261 e. The van der Waals surface area contributed by atoms with Crippen LogP contribution in [0.3, 0.4) is 0 Å². The highest BCUT2D eigenvalue weighted by Gasteiger charge is 2.23. The Morgan fingerprint density at radius 1 is 0.491 bits per heavy atom. The molecule has 3 heteroatoms. The van der Waals surface area contributed by atoms with Crippen LogP contribution in [0.25, 0.3) is 60.1 Å². The lowest BCUT2D eigenvalue weighted by Gasteiger charge is -2.15. The van der Waals surface area contributed by atoms with Gasteiger partial charge in [0.1, 0.15) is 0 Å². The minimum Gasteiger partial charge on any atom is -0.261 e. The van der Waals surface area contributed by atoms with Gasteiger partial charge >= 0.3 is 0 Å². The zero-order chi connectivity index (χ0) is 38.1. The van der Waals surface area contributed by atoms with E-state index in [0.717, 1.165) is 24.0 Å². The zero-order valence-corrected chi connectivity index (χ0v) is 31.6. The summed E-state index contributed by atoms with van der Waals surface area (Å²) in [5.41, 5.74) is 13.3. The van der Waals surface area contributed by atoms with Crippen molar-refractivity contribution in [2.75, 3.05) is 6.54 Å². The number of nitrogens with zero attached hydrogens (tertiary/aromatic N) is 3. The molecule has 2 aliphatic carbocycles. The summed E-state index contributed by atoms with van der Waals surface area (Å²) in [5, 5.41) is 7.75. The Labute approximate surface area is 333 Å². The molecule has 0 saturated carbocycles. The van der Waals surface area contributed by atoms with Gasteiger partial charge in [0, 0.05) is 11.1 Å². The van der Waals surface area contributed by atoms with Crippen LogP contribution in [-0.2, 0) is 6.42 Å². The van der Waals surface area contributed by atoms with Gasteiger partial charge in [0.2, 0.25) is 0 Å². The maximum atomic E-state index is 5.08. The van der Waals surface area contributed by atoms with E-state index in [-0.39, 0.29) is 0 Å². The molecule has 8 aromatic rings. The van der Waals surface area contributed by atoms with Crippen molar-refractivity contribution in [3.8, 4) is 22.3 Å². The summed E-state index contributed by atoms with van der Waals surface area (Å²) in [6.45, 7) is 4.33. The van der Waals surface area contributed by atoms with E-state index in [4.69, 9.17) is 9.98 Å². The first-order chi connectivity index (χ1) is 28.2. The zero-order valence-electron chi connectivity index (χ0n) is 31.6. The molecule has 0 amide bonds. The highest BCUT2D eigenvalue weighted by atomic mass is 15.0. The van der Waals surface area contributed by atoms with Crippen LogP contribution in [0.1, 0.15) is 28.7 Å². The first-order valence-corrected chi connectivity index (χ1v) is 19.6. The minimum atomic E-state index is 0.517. The summed E-state index contributed by atoms with van der Waals surface area (Å²) in [5.74, 6) is 1.20. The van der Waals surface area contributed by atoms with Crippen molar-refractivity contribution in [3.05, 3.63) is 221 Å². The molecule has 0 spiro atoms. The van der Waals surface area contributed by atoms with Crippen LogP contribution in [0.2, 0.25) is 0 Å². The molecule has 270 valence electrons. The summed E-state index contributed by atoms with van der Waals surface area (Å²) < 4.78 is 0. The fourth-order valence-electron chi connectivity index (χ4n) is 8.62. The van der Waals surface area contributed by atoms with Crippen molar-refractivity contribution < 1.29 is 0 Å². The van der Waals surface area contributed by atoms with Gasteiger partial charge in [-0.15, -0.1) is 0 Å². The van der Waals surface area contributed by atoms with Gasteiger partial charge in [-0.05, 0) is 108 Å². The van der Waals surface area contributed by atoms with Gasteiger partial charge < -0.3 is 0 Å². The lowest BCUT2D eigenvalue weighted by atomic mass is 9.89. The summed E-state index contributed by atoms with van der Waals surface area (Å²) in [6.07, 6.45) is 8.74. The average Bonchev–Trinajstić information content (AvgIpc) is 3.49. The number of benzene rings is 8. The van der Waals surface area contributed by atoms with Crippen LogP contribution in [-0.4, -0.2) is 24.9 Å². The fourth-order valence-corrected chi connectivity index (χ4v) is 8.62. The molecule has 0 unspecified atom stereocenters. The fraction of sp³-hybridized carbons (Fsp3) is 0.0556. The predicted octanol–water partition coefficient (Wildman–Crippen LogP) is 13.3. The number of allylic oxidation sites excluding steroid dienone is 4. The van der Waals surface area contributed by atoms with E-state index in [0.29, 0.717) is 18.2 Å². The summed E-state index contributed by atoms with van der Waals surface area (Å²) in [4.78, 5) is 14.3. The molecule has 8 aromatic carbocycles. The smallest absolute Gasteiger partial charge is 0.161 e. The molecule has 0 N–H and O–H groups in total. The van der Waals surface area contributed by atoms with E-state index >= 15 is 0 Å². The Hall–Kier alpha value is -7.23. The maximum Gasteiger partial charge on any atom is 0.161 e. The summed E-state index contributed by atoms with van der Waals surface area (Å²) in [6, 6.07) is 60.5. The summed E-state index contributed by atoms with van der Waals surface area (Å²) >= 11 is 0. The normalized spacial score (nSPS) is 14.1. The number of amidine groups is 2. The molecular weight excluding hydrogens is 691 g/mol. The van der Waals surface area contributed by atoms with E-state index in [1.807, 2.05) is 60.7 Å². The molecule has 57 heavy (non-hydrogen) atoms. The molecule has 0 bridgehead atoms. The molecule has 0 aromatic heterocycles. The number of hydrogen-bond donors (Lipinski definition) is 0. The third kappa shape index (κ3) is 6.43. The van der Waals surface area contributed by atoms with Gasteiger partial charge in [0.05, 0.1) is 6.54 Å². The second-order valence-corrected chi connectivity index (χ2v) is 14.7. The maximum absolute atomic E-state index is 5.08. The van der Waals surface area contributed by atoms with Crippen molar-refractivity contribution in [2.45, 2.75) is 12.8 Å². The lowest BCUT2D eigenvalue weighted by molar-refractivity contribution is 1.14. The Morgan fingerprint density at radius 2 is 1.04 bits per heavy atom. The number of aliphatic imine (C=N–C) groups is 3. The monoisotopic (exact) mass is 729 g/mol. The van der Waals surface area contributed by atoms with Gasteiger partial charge in [-0.3, -0.25) is 4.99 Å². The number of rotatable bonds is 6. The highest BCUT2D eigenvalue weighted by Crippen LogP contribution is 2.43.